The van der Waals surface area contributed by atoms with Gasteiger partial charge in [0.1, 0.15) is 0 Å². The maximum absolute atomic E-state index is 12.4. The van der Waals surface area contributed by atoms with E-state index in [1.807, 2.05) is 0 Å². The van der Waals surface area contributed by atoms with Gasteiger partial charge in [-0.15, -0.1) is 0 Å². The third kappa shape index (κ3) is 3.24. The SMILES string of the molecule is O=C(NCC1CC1)C1CC2CN(C(=O)CC3(O)CCC3)CC1O2. The van der Waals surface area contributed by atoms with Crippen molar-refractivity contribution in [2.24, 2.45) is 11.8 Å². The summed E-state index contributed by atoms with van der Waals surface area (Å²) in [5, 5.41) is 13.2. The Morgan fingerprint density at radius 2 is 2.04 bits per heavy atom. The monoisotopic (exact) mass is 322 g/mol. The molecule has 4 rings (SSSR count). The molecule has 3 unspecified atom stereocenters. The molecule has 23 heavy (non-hydrogen) atoms. The summed E-state index contributed by atoms with van der Waals surface area (Å²) >= 11 is 0. The number of hydrogen-bond donors (Lipinski definition) is 2. The second kappa shape index (κ2) is 5.74. The van der Waals surface area contributed by atoms with Crippen LogP contribution in [0.1, 0.15) is 44.9 Å². The minimum atomic E-state index is -0.782. The summed E-state index contributed by atoms with van der Waals surface area (Å²) in [6.07, 6.45) is 5.59. The van der Waals surface area contributed by atoms with Crippen LogP contribution in [0.2, 0.25) is 0 Å². The van der Waals surface area contributed by atoms with Crippen LogP contribution in [-0.4, -0.2) is 59.3 Å². The number of morpholine rings is 1. The van der Waals surface area contributed by atoms with E-state index >= 15 is 0 Å². The van der Waals surface area contributed by atoms with Gasteiger partial charge in [-0.3, -0.25) is 9.59 Å². The number of fused-ring (bicyclic) bond motifs is 2. The highest BCUT2D eigenvalue weighted by Gasteiger charge is 2.47. The van der Waals surface area contributed by atoms with E-state index in [0.717, 1.165) is 25.8 Å². The quantitative estimate of drug-likeness (QED) is 0.769. The average Bonchev–Trinajstić information content (AvgIpc) is 3.28. The second-order valence-corrected chi connectivity index (χ2v) is 7.88. The molecule has 4 aliphatic rings. The van der Waals surface area contributed by atoms with Crippen molar-refractivity contribution in [3.63, 3.8) is 0 Å². The first kappa shape index (κ1) is 15.4. The van der Waals surface area contributed by atoms with Crippen LogP contribution >= 0.6 is 0 Å². The number of likely N-dealkylation sites (tertiary alicyclic amines) is 1. The van der Waals surface area contributed by atoms with Gasteiger partial charge in [0.2, 0.25) is 11.8 Å². The van der Waals surface area contributed by atoms with E-state index in [-0.39, 0.29) is 36.4 Å². The molecule has 128 valence electrons. The largest absolute Gasteiger partial charge is 0.389 e. The van der Waals surface area contributed by atoms with Crippen LogP contribution in [0.15, 0.2) is 0 Å². The minimum Gasteiger partial charge on any atom is -0.389 e. The number of nitrogens with one attached hydrogen (secondary N) is 1. The Balaban J connectivity index is 1.32. The lowest BCUT2D eigenvalue weighted by atomic mass is 9.77. The van der Waals surface area contributed by atoms with E-state index in [1.165, 1.54) is 12.8 Å². The Morgan fingerprint density at radius 1 is 1.26 bits per heavy atom. The zero-order valence-corrected chi connectivity index (χ0v) is 13.5. The van der Waals surface area contributed by atoms with E-state index in [2.05, 4.69) is 5.32 Å². The van der Waals surface area contributed by atoms with Crippen molar-refractivity contribution in [2.75, 3.05) is 19.6 Å². The zero-order valence-electron chi connectivity index (χ0n) is 13.5. The molecule has 4 fully saturated rings. The van der Waals surface area contributed by atoms with Crippen LogP contribution in [0.25, 0.3) is 0 Å². The number of ether oxygens (including phenoxy) is 1. The molecule has 2 N–H and O–H groups in total. The lowest BCUT2D eigenvalue weighted by Crippen LogP contribution is -2.50. The van der Waals surface area contributed by atoms with Crippen LogP contribution in [0, 0.1) is 11.8 Å². The van der Waals surface area contributed by atoms with Gasteiger partial charge in [0.15, 0.2) is 0 Å². The molecule has 2 heterocycles. The Kier molecular flexibility index (Phi) is 3.84. The molecular weight excluding hydrogens is 296 g/mol. The number of amides is 2. The number of nitrogens with zero attached hydrogens (tertiary/aromatic N) is 1. The number of aliphatic hydroxyl groups is 1. The Labute approximate surface area is 136 Å². The van der Waals surface area contributed by atoms with E-state index < -0.39 is 5.60 Å². The normalized spacial score (nSPS) is 34.8. The van der Waals surface area contributed by atoms with Gasteiger partial charge in [0, 0.05) is 19.6 Å². The van der Waals surface area contributed by atoms with E-state index in [0.29, 0.717) is 25.4 Å². The second-order valence-electron chi connectivity index (χ2n) is 7.88. The molecule has 2 aliphatic heterocycles. The predicted octanol–water partition coefficient (Wildman–Crippen LogP) is 0.434. The van der Waals surface area contributed by atoms with Gasteiger partial charge in [-0.05, 0) is 44.4 Å². The molecular formula is C17H26N2O4. The molecule has 0 radical (unpaired) electrons. The van der Waals surface area contributed by atoms with E-state index in [1.54, 1.807) is 4.90 Å². The Bertz CT molecular complexity index is 501. The first-order chi connectivity index (χ1) is 11.0. The van der Waals surface area contributed by atoms with Gasteiger partial charge < -0.3 is 20.1 Å². The number of rotatable bonds is 5. The summed E-state index contributed by atoms with van der Waals surface area (Å²) in [5.41, 5.74) is -0.782. The molecule has 0 spiro atoms. The fourth-order valence-corrected chi connectivity index (χ4v) is 3.99. The summed E-state index contributed by atoms with van der Waals surface area (Å²) in [4.78, 5) is 26.6. The highest BCUT2D eigenvalue weighted by atomic mass is 16.5. The van der Waals surface area contributed by atoms with Gasteiger partial charge in [-0.1, -0.05) is 0 Å². The third-order valence-electron chi connectivity index (χ3n) is 5.87. The van der Waals surface area contributed by atoms with Gasteiger partial charge in [-0.2, -0.15) is 0 Å². The first-order valence-corrected chi connectivity index (χ1v) is 8.96. The summed E-state index contributed by atoms with van der Waals surface area (Å²) in [7, 11) is 0. The van der Waals surface area contributed by atoms with Crippen molar-refractivity contribution in [1.82, 2.24) is 10.2 Å². The number of carbonyl (C=O) groups is 2. The topological polar surface area (TPSA) is 78.9 Å². The number of carbonyl (C=O) groups excluding carboxylic acids is 2. The molecule has 3 atom stereocenters. The molecule has 0 aromatic carbocycles. The van der Waals surface area contributed by atoms with E-state index in [4.69, 9.17) is 4.74 Å². The van der Waals surface area contributed by atoms with Crippen molar-refractivity contribution in [2.45, 2.75) is 62.8 Å². The smallest absolute Gasteiger partial charge is 0.225 e. The van der Waals surface area contributed by atoms with Crippen LogP contribution in [0.3, 0.4) is 0 Å². The molecule has 0 aromatic rings. The van der Waals surface area contributed by atoms with Gasteiger partial charge in [-0.25, -0.2) is 0 Å². The van der Waals surface area contributed by atoms with Gasteiger partial charge in [0.05, 0.1) is 30.1 Å². The molecule has 2 saturated heterocycles. The summed E-state index contributed by atoms with van der Waals surface area (Å²) in [6, 6.07) is 0. The lowest BCUT2D eigenvalue weighted by Gasteiger charge is -2.39. The summed E-state index contributed by atoms with van der Waals surface area (Å²) in [5.74, 6) is 0.617. The van der Waals surface area contributed by atoms with E-state index in [9.17, 15) is 14.7 Å². The van der Waals surface area contributed by atoms with Crippen molar-refractivity contribution < 1.29 is 19.4 Å². The van der Waals surface area contributed by atoms with Gasteiger partial charge in [0.25, 0.3) is 0 Å². The fourth-order valence-electron chi connectivity index (χ4n) is 3.99. The fraction of sp³-hybridized carbons (Fsp3) is 0.882. The van der Waals surface area contributed by atoms with Crippen LogP contribution in [-0.2, 0) is 14.3 Å². The maximum Gasteiger partial charge on any atom is 0.225 e. The summed E-state index contributed by atoms with van der Waals surface area (Å²) in [6.45, 7) is 1.81. The Hall–Kier alpha value is -1.14. The van der Waals surface area contributed by atoms with Crippen molar-refractivity contribution in [3.05, 3.63) is 0 Å². The standard InChI is InChI=1S/C17H26N2O4/c20-15(7-17(22)4-1-5-17)19-9-12-6-13(14(10-19)23-12)16(21)18-8-11-2-3-11/h11-14,22H,1-10H2,(H,18,21). The van der Waals surface area contributed by atoms with Crippen molar-refractivity contribution in [1.29, 1.82) is 0 Å². The number of hydrogen-bond acceptors (Lipinski definition) is 4. The molecule has 2 saturated carbocycles. The molecule has 2 amide bonds. The van der Waals surface area contributed by atoms with Crippen LogP contribution < -0.4 is 5.32 Å². The van der Waals surface area contributed by atoms with Crippen molar-refractivity contribution in [3.8, 4) is 0 Å². The maximum atomic E-state index is 12.4. The molecule has 0 aromatic heterocycles. The third-order valence-corrected chi connectivity index (χ3v) is 5.87. The zero-order chi connectivity index (χ0) is 16.0. The molecule has 6 nitrogen and oxygen atoms in total. The Morgan fingerprint density at radius 3 is 2.70 bits per heavy atom. The molecule has 6 heteroatoms. The first-order valence-electron chi connectivity index (χ1n) is 8.96. The predicted molar refractivity (Wildman–Crippen MR) is 82.5 cm³/mol. The van der Waals surface area contributed by atoms with Crippen LogP contribution in [0.4, 0.5) is 0 Å². The molecule has 2 bridgehead atoms. The minimum absolute atomic E-state index is 0.00420. The summed E-state index contributed by atoms with van der Waals surface area (Å²) < 4.78 is 5.89. The van der Waals surface area contributed by atoms with Crippen LogP contribution in [0.5, 0.6) is 0 Å². The lowest BCUT2D eigenvalue weighted by molar-refractivity contribution is -0.150. The average molecular weight is 322 g/mol. The van der Waals surface area contributed by atoms with Crippen molar-refractivity contribution >= 4 is 11.8 Å². The molecule has 2 aliphatic carbocycles. The highest BCUT2D eigenvalue weighted by molar-refractivity contribution is 5.81. The van der Waals surface area contributed by atoms with Gasteiger partial charge >= 0.3 is 0 Å². The highest BCUT2D eigenvalue weighted by Crippen LogP contribution is 2.37.